The van der Waals surface area contributed by atoms with Crippen LogP contribution in [0.5, 0.6) is 5.75 Å². The molecule has 3 aromatic rings. The first-order valence-electron chi connectivity index (χ1n) is 8.55. The molecule has 0 saturated carbocycles. The summed E-state index contributed by atoms with van der Waals surface area (Å²) in [6, 6.07) is 15.9. The smallest absolute Gasteiger partial charge is 0.264 e. The Bertz CT molecular complexity index is 1030. The van der Waals surface area contributed by atoms with Gasteiger partial charge in [-0.05, 0) is 60.9 Å². The molecule has 3 rings (SSSR count). The minimum absolute atomic E-state index is 0.177. The van der Waals surface area contributed by atoms with E-state index in [1.807, 2.05) is 26.0 Å². The maximum absolute atomic E-state index is 13.5. The second-order valence-corrected chi connectivity index (χ2v) is 8.18. The first-order chi connectivity index (χ1) is 12.9. The molecule has 1 heterocycles. The summed E-state index contributed by atoms with van der Waals surface area (Å²) in [7, 11) is -2.21. The van der Waals surface area contributed by atoms with Crippen LogP contribution < -0.4 is 9.04 Å². The fourth-order valence-corrected chi connectivity index (χ4v) is 4.27. The quantitative estimate of drug-likeness (QED) is 0.644. The van der Waals surface area contributed by atoms with Crippen LogP contribution in [0.3, 0.4) is 0 Å². The first-order valence-corrected chi connectivity index (χ1v) is 9.99. The molecular formula is C21H22N2O3S. The van der Waals surface area contributed by atoms with Crippen molar-refractivity contribution in [2.45, 2.75) is 25.3 Å². The van der Waals surface area contributed by atoms with E-state index >= 15 is 0 Å². The number of benzene rings is 2. The van der Waals surface area contributed by atoms with Gasteiger partial charge in [0, 0.05) is 18.5 Å². The summed E-state index contributed by atoms with van der Waals surface area (Å²) < 4.78 is 33.6. The summed E-state index contributed by atoms with van der Waals surface area (Å²) >= 11 is 0. The monoisotopic (exact) mass is 382 g/mol. The minimum Gasteiger partial charge on any atom is -0.497 e. The van der Waals surface area contributed by atoms with Gasteiger partial charge >= 0.3 is 0 Å². The van der Waals surface area contributed by atoms with Crippen LogP contribution in [0.25, 0.3) is 0 Å². The minimum atomic E-state index is -3.77. The van der Waals surface area contributed by atoms with Gasteiger partial charge in [-0.25, -0.2) is 8.42 Å². The Kier molecular flexibility index (Phi) is 5.46. The molecule has 0 aliphatic carbocycles. The number of hydrogen-bond acceptors (Lipinski definition) is 4. The third-order valence-corrected chi connectivity index (χ3v) is 6.23. The Balaban J connectivity index is 2.11. The molecule has 0 amide bonds. The van der Waals surface area contributed by atoms with Crippen LogP contribution in [0, 0.1) is 13.8 Å². The topological polar surface area (TPSA) is 59.5 Å². The third-order valence-electron chi connectivity index (χ3n) is 4.46. The highest BCUT2D eigenvalue weighted by Gasteiger charge is 2.26. The summed E-state index contributed by atoms with van der Waals surface area (Å²) in [5.74, 6) is 0.596. The highest BCUT2D eigenvalue weighted by molar-refractivity contribution is 7.92. The standard InChI is InChI=1S/C21H22N2O3S/c1-16-9-10-21(12-17(16)2)27(24,25)23(15-18-6-5-11-22-14-18)19-7-4-8-20(13-19)26-3/h4-14H,15H2,1-3H3. The highest BCUT2D eigenvalue weighted by Crippen LogP contribution is 2.29. The highest BCUT2D eigenvalue weighted by atomic mass is 32.2. The summed E-state index contributed by atoms with van der Waals surface area (Å²) in [6.45, 7) is 4.04. The van der Waals surface area contributed by atoms with Crippen LogP contribution >= 0.6 is 0 Å². The number of rotatable bonds is 6. The number of sulfonamides is 1. The Labute approximate surface area is 160 Å². The number of methoxy groups -OCH3 is 1. The molecule has 0 saturated heterocycles. The van der Waals surface area contributed by atoms with Crippen LogP contribution in [-0.2, 0) is 16.6 Å². The van der Waals surface area contributed by atoms with Crippen molar-refractivity contribution in [1.29, 1.82) is 0 Å². The summed E-state index contributed by atoms with van der Waals surface area (Å²) in [4.78, 5) is 4.36. The fraction of sp³-hybridized carbons (Fsp3) is 0.190. The van der Waals surface area contributed by atoms with E-state index < -0.39 is 10.0 Å². The predicted molar refractivity (Wildman–Crippen MR) is 107 cm³/mol. The first kappa shape index (κ1) is 18.9. The molecule has 0 radical (unpaired) electrons. The second kappa shape index (κ2) is 7.80. The van der Waals surface area contributed by atoms with E-state index in [2.05, 4.69) is 4.98 Å². The van der Waals surface area contributed by atoms with Crippen molar-refractivity contribution in [3.05, 3.63) is 83.7 Å². The second-order valence-electron chi connectivity index (χ2n) is 6.32. The van der Waals surface area contributed by atoms with Crippen molar-refractivity contribution in [1.82, 2.24) is 4.98 Å². The molecule has 27 heavy (non-hydrogen) atoms. The van der Waals surface area contributed by atoms with Gasteiger partial charge in [0.25, 0.3) is 10.0 Å². The van der Waals surface area contributed by atoms with Gasteiger partial charge < -0.3 is 4.74 Å². The lowest BCUT2D eigenvalue weighted by Crippen LogP contribution is -2.30. The van der Waals surface area contributed by atoms with Crippen molar-refractivity contribution < 1.29 is 13.2 Å². The SMILES string of the molecule is COc1cccc(N(Cc2cccnc2)S(=O)(=O)c2ccc(C)c(C)c2)c1. The van der Waals surface area contributed by atoms with E-state index in [0.29, 0.717) is 11.4 Å². The zero-order chi connectivity index (χ0) is 19.4. The normalized spacial score (nSPS) is 11.2. The van der Waals surface area contributed by atoms with Crippen molar-refractivity contribution in [3.8, 4) is 5.75 Å². The van der Waals surface area contributed by atoms with Crippen LogP contribution in [0.1, 0.15) is 16.7 Å². The molecular weight excluding hydrogens is 360 g/mol. The van der Waals surface area contributed by atoms with E-state index in [9.17, 15) is 8.42 Å². The molecule has 0 aliphatic rings. The molecule has 0 fully saturated rings. The molecule has 0 unspecified atom stereocenters. The van der Waals surface area contributed by atoms with Crippen LogP contribution in [0.4, 0.5) is 5.69 Å². The lowest BCUT2D eigenvalue weighted by molar-refractivity contribution is 0.415. The molecule has 5 nitrogen and oxygen atoms in total. The molecule has 0 N–H and O–H groups in total. The number of anilines is 1. The van der Waals surface area contributed by atoms with E-state index in [4.69, 9.17) is 4.74 Å². The van der Waals surface area contributed by atoms with Crippen molar-refractivity contribution in [2.24, 2.45) is 0 Å². The molecule has 2 aromatic carbocycles. The van der Waals surface area contributed by atoms with Gasteiger partial charge in [0.15, 0.2) is 0 Å². The maximum Gasteiger partial charge on any atom is 0.264 e. The predicted octanol–water partition coefficient (Wildman–Crippen LogP) is 4.10. The number of pyridine rings is 1. The number of nitrogens with zero attached hydrogens (tertiary/aromatic N) is 2. The van der Waals surface area contributed by atoms with Gasteiger partial charge in [0.2, 0.25) is 0 Å². The Hall–Kier alpha value is -2.86. The molecule has 140 valence electrons. The molecule has 0 aliphatic heterocycles. The molecule has 0 bridgehead atoms. The van der Waals surface area contributed by atoms with Gasteiger partial charge in [-0.2, -0.15) is 0 Å². The van der Waals surface area contributed by atoms with Crippen LogP contribution in [0.15, 0.2) is 71.9 Å². The molecule has 6 heteroatoms. The molecule has 1 aromatic heterocycles. The zero-order valence-electron chi connectivity index (χ0n) is 15.6. The van der Waals surface area contributed by atoms with Crippen LogP contribution in [-0.4, -0.2) is 20.5 Å². The summed E-state index contributed by atoms with van der Waals surface area (Å²) in [6.07, 6.45) is 3.33. The van der Waals surface area contributed by atoms with Gasteiger partial charge in [0.1, 0.15) is 5.75 Å². The molecule has 0 spiro atoms. The van der Waals surface area contributed by atoms with E-state index in [1.165, 1.54) is 4.31 Å². The average molecular weight is 382 g/mol. The van der Waals surface area contributed by atoms with Gasteiger partial charge in [0.05, 0.1) is 24.2 Å². The van der Waals surface area contributed by atoms with Gasteiger partial charge in [-0.15, -0.1) is 0 Å². The lowest BCUT2D eigenvalue weighted by Gasteiger charge is -2.25. The number of aryl methyl sites for hydroxylation is 2. The maximum atomic E-state index is 13.5. The number of ether oxygens (including phenoxy) is 1. The fourth-order valence-electron chi connectivity index (χ4n) is 2.74. The summed E-state index contributed by atoms with van der Waals surface area (Å²) in [5, 5.41) is 0. The Morgan fingerprint density at radius 2 is 1.81 bits per heavy atom. The third kappa shape index (κ3) is 4.11. The Morgan fingerprint density at radius 3 is 2.48 bits per heavy atom. The number of aromatic nitrogens is 1. The van der Waals surface area contributed by atoms with Crippen molar-refractivity contribution in [3.63, 3.8) is 0 Å². The van der Waals surface area contributed by atoms with E-state index in [1.54, 1.807) is 62.0 Å². The van der Waals surface area contributed by atoms with Gasteiger partial charge in [-0.3, -0.25) is 9.29 Å². The van der Waals surface area contributed by atoms with Crippen molar-refractivity contribution >= 4 is 15.7 Å². The van der Waals surface area contributed by atoms with Gasteiger partial charge in [-0.1, -0.05) is 18.2 Å². The average Bonchev–Trinajstić information content (AvgIpc) is 2.69. The van der Waals surface area contributed by atoms with Crippen LogP contribution in [0.2, 0.25) is 0 Å². The lowest BCUT2D eigenvalue weighted by atomic mass is 10.1. The largest absolute Gasteiger partial charge is 0.497 e. The van der Waals surface area contributed by atoms with Crippen molar-refractivity contribution in [2.75, 3.05) is 11.4 Å². The van der Waals surface area contributed by atoms with E-state index in [0.717, 1.165) is 16.7 Å². The zero-order valence-corrected chi connectivity index (χ0v) is 16.4. The van der Waals surface area contributed by atoms with E-state index in [-0.39, 0.29) is 11.4 Å². The summed E-state index contributed by atoms with van der Waals surface area (Å²) in [5.41, 5.74) is 3.32. The Morgan fingerprint density at radius 1 is 1.00 bits per heavy atom. The molecule has 0 atom stereocenters. The number of hydrogen-bond donors (Lipinski definition) is 0.